The number of ether oxygens (including phenoxy) is 1. The molecule has 9 nitrogen and oxygen atoms in total. The minimum Gasteiger partial charge on any atom is -0.423 e. The van der Waals surface area contributed by atoms with E-state index in [1.54, 1.807) is 6.07 Å². The Morgan fingerprint density at radius 3 is 2.42 bits per heavy atom. The first-order valence-electron chi connectivity index (χ1n) is 11.5. The number of hydrogen-bond acceptors (Lipinski definition) is 9. The monoisotopic (exact) mass is 599 g/mol. The minimum atomic E-state index is -0.706. The van der Waals surface area contributed by atoms with Crippen molar-refractivity contribution in [1.29, 1.82) is 0 Å². The van der Waals surface area contributed by atoms with Crippen LogP contribution in [0.3, 0.4) is 0 Å². The van der Waals surface area contributed by atoms with Crippen molar-refractivity contribution in [2.24, 2.45) is 0 Å². The number of aryl methyl sites for hydroxylation is 1. The van der Waals surface area contributed by atoms with E-state index in [-0.39, 0.29) is 51.2 Å². The number of imide groups is 1. The lowest BCUT2D eigenvalue weighted by Crippen LogP contribution is -2.31. The molecule has 0 atom stereocenters. The van der Waals surface area contributed by atoms with Crippen molar-refractivity contribution in [1.82, 2.24) is 5.06 Å². The fourth-order valence-corrected chi connectivity index (χ4v) is 5.89. The van der Waals surface area contributed by atoms with Gasteiger partial charge in [0, 0.05) is 41.3 Å². The van der Waals surface area contributed by atoms with Gasteiger partial charge in [-0.25, -0.2) is 9.59 Å². The van der Waals surface area contributed by atoms with Gasteiger partial charge in [-0.2, -0.15) is 0 Å². The van der Waals surface area contributed by atoms with Crippen LogP contribution in [-0.2, 0) is 30.4 Å². The van der Waals surface area contributed by atoms with Crippen LogP contribution in [0.25, 0.3) is 21.4 Å². The van der Waals surface area contributed by atoms with Gasteiger partial charge in [0.05, 0.1) is 15.6 Å². The third-order valence-electron chi connectivity index (χ3n) is 5.64. The Labute approximate surface area is 235 Å². The molecule has 3 aromatic rings. The molecule has 0 radical (unpaired) electrons. The number of esters is 1. The van der Waals surface area contributed by atoms with Crippen LogP contribution >= 0.6 is 46.1 Å². The second kappa shape index (κ2) is 11.9. The van der Waals surface area contributed by atoms with Gasteiger partial charge in [0.15, 0.2) is 11.3 Å². The third-order valence-corrected chi connectivity index (χ3v) is 7.82. The highest BCUT2D eigenvalue weighted by molar-refractivity contribution is 7.15. The molecular formula is C25H20Cl3NO8S. The molecule has 4 rings (SSSR count). The highest BCUT2D eigenvalue weighted by atomic mass is 35.5. The van der Waals surface area contributed by atoms with Crippen LogP contribution < -0.4 is 10.4 Å². The molecule has 1 saturated heterocycles. The summed E-state index contributed by atoms with van der Waals surface area (Å²) < 4.78 is 10.5. The molecule has 2 amide bonds. The number of carbonyl (C=O) groups excluding carboxylic acids is 4. The minimum absolute atomic E-state index is 0.0359. The van der Waals surface area contributed by atoms with Crippen LogP contribution in [0.2, 0.25) is 15.1 Å². The van der Waals surface area contributed by atoms with E-state index in [1.165, 1.54) is 24.3 Å². The summed E-state index contributed by atoms with van der Waals surface area (Å²) in [6.07, 6.45) is 2.90. The zero-order valence-electron chi connectivity index (χ0n) is 19.9. The second-order valence-corrected chi connectivity index (χ2v) is 10.8. The molecule has 13 heteroatoms. The van der Waals surface area contributed by atoms with Gasteiger partial charge in [-0.15, -0.1) is 16.4 Å². The van der Waals surface area contributed by atoms with Crippen molar-refractivity contribution in [3.63, 3.8) is 0 Å². The van der Waals surface area contributed by atoms with E-state index in [0.29, 0.717) is 34.6 Å². The number of nitrogens with zero attached hydrogens (tertiary/aromatic N) is 1. The number of fused-ring (bicyclic) bond motifs is 1. The summed E-state index contributed by atoms with van der Waals surface area (Å²) in [7, 11) is 0. The molecule has 2 aromatic heterocycles. The quantitative estimate of drug-likeness (QED) is 0.0947. The van der Waals surface area contributed by atoms with Crippen LogP contribution in [0.5, 0.6) is 5.75 Å². The summed E-state index contributed by atoms with van der Waals surface area (Å²) in [6.45, 7) is 1.19. The first-order valence-corrected chi connectivity index (χ1v) is 13.5. The van der Waals surface area contributed by atoms with E-state index in [1.807, 2.05) is 6.07 Å². The van der Waals surface area contributed by atoms with E-state index >= 15 is 0 Å². The van der Waals surface area contributed by atoms with Crippen LogP contribution in [0.15, 0.2) is 27.4 Å². The number of amides is 2. The van der Waals surface area contributed by atoms with E-state index in [2.05, 4.69) is 0 Å². The Morgan fingerprint density at radius 2 is 1.74 bits per heavy atom. The molecule has 3 heterocycles. The molecule has 0 N–H and O–H groups in total. The van der Waals surface area contributed by atoms with Crippen molar-refractivity contribution in [2.75, 3.05) is 0 Å². The number of carbonyl (C=O) groups is 4. The largest absolute Gasteiger partial charge is 0.423 e. The Morgan fingerprint density at radius 1 is 1.03 bits per heavy atom. The van der Waals surface area contributed by atoms with Gasteiger partial charge >= 0.3 is 17.6 Å². The van der Waals surface area contributed by atoms with E-state index in [9.17, 15) is 24.0 Å². The first kappa shape index (κ1) is 28.1. The Balaban J connectivity index is 1.39. The normalized spacial score (nSPS) is 13.4. The molecule has 0 bridgehead atoms. The molecule has 0 unspecified atom stereocenters. The van der Waals surface area contributed by atoms with E-state index < -0.39 is 29.4 Å². The molecule has 0 saturated carbocycles. The zero-order chi connectivity index (χ0) is 27.6. The van der Waals surface area contributed by atoms with Crippen molar-refractivity contribution in [2.45, 2.75) is 51.9 Å². The SMILES string of the molecule is CC(=O)Oc1c(Cl)cc2c(Cl)c(-c3ccc(CCCCCC(=O)ON4C(=O)CCC4=O)s3)c(=O)oc2c1Cl. The summed E-state index contributed by atoms with van der Waals surface area (Å²) in [5.74, 6) is -2.39. The molecule has 1 aliphatic heterocycles. The van der Waals surface area contributed by atoms with Crippen LogP contribution in [0.1, 0.15) is 50.3 Å². The molecule has 38 heavy (non-hydrogen) atoms. The topological polar surface area (TPSA) is 120 Å². The summed E-state index contributed by atoms with van der Waals surface area (Å²) in [6, 6.07) is 5.06. The Hall–Kier alpha value is -2.92. The van der Waals surface area contributed by atoms with E-state index in [0.717, 1.165) is 11.3 Å². The van der Waals surface area contributed by atoms with Crippen molar-refractivity contribution < 1.29 is 33.2 Å². The molecule has 1 aromatic carbocycles. The molecule has 0 aliphatic carbocycles. The predicted molar refractivity (Wildman–Crippen MR) is 141 cm³/mol. The molecule has 1 fully saturated rings. The lowest BCUT2D eigenvalue weighted by molar-refractivity contribution is -0.197. The van der Waals surface area contributed by atoms with Gasteiger partial charge in [-0.1, -0.05) is 41.2 Å². The summed E-state index contributed by atoms with van der Waals surface area (Å²) >= 11 is 20.5. The number of hydroxylamine groups is 2. The summed E-state index contributed by atoms with van der Waals surface area (Å²) in [5, 5.41) is 0.851. The van der Waals surface area contributed by atoms with Gasteiger partial charge in [0.25, 0.3) is 11.8 Å². The maximum atomic E-state index is 12.8. The maximum Gasteiger partial charge on any atom is 0.346 e. The Bertz CT molecular complexity index is 1500. The third kappa shape index (κ3) is 6.04. The van der Waals surface area contributed by atoms with Gasteiger partial charge in [0.2, 0.25) is 0 Å². The van der Waals surface area contributed by atoms with Crippen LogP contribution in [0.4, 0.5) is 0 Å². The molecule has 200 valence electrons. The molecular weight excluding hydrogens is 581 g/mol. The number of unbranched alkanes of at least 4 members (excludes halogenated alkanes) is 2. The highest BCUT2D eigenvalue weighted by Crippen LogP contribution is 2.43. The highest BCUT2D eigenvalue weighted by Gasteiger charge is 2.32. The van der Waals surface area contributed by atoms with Crippen molar-refractivity contribution in [3.05, 3.63) is 48.6 Å². The lowest BCUT2D eigenvalue weighted by Gasteiger charge is -2.12. The van der Waals surface area contributed by atoms with Gasteiger partial charge in [-0.05, 0) is 37.5 Å². The number of hydrogen-bond donors (Lipinski definition) is 0. The van der Waals surface area contributed by atoms with Crippen LogP contribution in [0, 0.1) is 0 Å². The van der Waals surface area contributed by atoms with Crippen molar-refractivity contribution in [3.8, 4) is 16.2 Å². The number of thiophene rings is 1. The van der Waals surface area contributed by atoms with E-state index in [4.69, 9.17) is 48.8 Å². The second-order valence-electron chi connectivity index (χ2n) is 8.42. The average molecular weight is 601 g/mol. The van der Waals surface area contributed by atoms with Crippen molar-refractivity contribution >= 4 is 80.9 Å². The smallest absolute Gasteiger partial charge is 0.346 e. The summed E-state index contributed by atoms with van der Waals surface area (Å²) in [4.78, 5) is 65.5. The summed E-state index contributed by atoms with van der Waals surface area (Å²) in [5.41, 5.74) is -0.584. The fraction of sp³-hybridized carbons (Fsp3) is 0.320. The predicted octanol–water partition coefficient (Wildman–Crippen LogP) is 6.12. The fourth-order valence-electron chi connectivity index (χ4n) is 3.86. The zero-order valence-corrected chi connectivity index (χ0v) is 23.0. The maximum absolute atomic E-state index is 12.8. The number of benzene rings is 1. The van der Waals surface area contributed by atoms with Gasteiger partial charge < -0.3 is 14.0 Å². The Kier molecular flexibility index (Phi) is 8.77. The lowest BCUT2D eigenvalue weighted by atomic mass is 10.1. The average Bonchev–Trinajstić information content (AvgIpc) is 3.44. The number of rotatable bonds is 9. The molecule has 0 spiro atoms. The standard InChI is InChI=1S/C25H20Cl3NO8S/c1-12(30)35-24-15(26)11-14-21(27)20(25(34)36-23(14)22(24)28)16-8-7-13(38-16)5-3-2-4-6-19(33)37-29-17(31)9-10-18(29)32/h7-8,11H,2-6,9-10H2,1H3. The van der Waals surface area contributed by atoms with Crippen LogP contribution in [-0.4, -0.2) is 28.8 Å². The molecule has 1 aliphatic rings. The van der Waals surface area contributed by atoms with Gasteiger partial charge in [-0.3, -0.25) is 14.4 Å². The first-order chi connectivity index (χ1) is 18.1. The number of halogens is 3. The van der Waals surface area contributed by atoms with Gasteiger partial charge in [0.1, 0.15) is 5.02 Å².